The van der Waals surface area contributed by atoms with Crippen LogP contribution in [0.25, 0.3) is 22.0 Å². The van der Waals surface area contributed by atoms with Crippen molar-refractivity contribution in [1.82, 2.24) is 14.9 Å². The second kappa shape index (κ2) is 9.07. The zero-order chi connectivity index (χ0) is 25.6. The summed E-state index contributed by atoms with van der Waals surface area (Å²) in [5.41, 5.74) is 4.86. The number of methoxy groups -OCH3 is 1. The lowest BCUT2D eigenvalue weighted by molar-refractivity contribution is -0.155. The predicted molar refractivity (Wildman–Crippen MR) is 141 cm³/mol. The second-order valence-corrected chi connectivity index (χ2v) is 10.5. The average molecular weight is 496 g/mol. The van der Waals surface area contributed by atoms with Gasteiger partial charge in [0.1, 0.15) is 0 Å². The van der Waals surface area contributed by atoms with E-state index in [1.54, 1.807) is 13.3 Å². The summed E-state index contributed by atoms with van der Waals surface area (Å²) < 4.78 is 7.55. The van der Waals surface area contributed by atoms with Gasteiger partial charge in [-0.1, -0.05) is 54.6 Å². The summed E-state index contributed by atoms with van der Waals surface area (Å²) in [6.07, 6.45) is 6.66. The standard InChI is InChI=1S/C30H29N3O4/c1-37-28-24-11-12-33(18-19-7-9-21(10-8-19)20-5-3-2-4-6-20)26(24)25(17-31-28)27(34)32-23-15-30(16-23)13-22(14-30)29(35)36/h2-12,17,22-23H,13-16,18H2,1H3,(H,32,34)(H,35,36). The Morgan fingerprint density at radius 2 is 1.73 bits per heavy atom. The van der Waals surface area contributed by atoms with E-state index in [0.29, 0.717) is 18.0 Å². The highest BCUT2D eigenvalue weighted by Crippen LogP contribution is 2.58. The van der Waals surface area contributed by atoms with Gasteiger partial charge in [-0.25, -0.2) is 4.98 Å². The van der Waals surface area contributed by atoms with Gasteiger partial charge in [0.15, 0.2) is 0 Å². The third kappa shape index (κ3) is 4.24. The van der Waals surface area contributed by atoms with Gasteiger partial charge in [-0.05, 0) is 53.9 Å². The number of benzene rings is 2. The van der Waals surface area contributed by atoms with Gasteiger partial charge in [0.2, 0.25) is 5.88 Å². The van der Waals surface area contributed by atoms with Crippen LogP contribution in [0, 0.1) is 11.3 Å². The molecule has 6 rings (SSSR count). The van der Waals surface area contributed by atoms with Crippen molar-refractivity contribution in [3.8, 4) is 17.0 Å². The lowest BCUT2D eigenvalue weighted by Gasteiger charge is -2.56. The summed E-state index contributed by atoms with van der Waals surface area (Å²) >= 11 is 0. The molecule has 2 fully saturated rings. The van der Waals surface area contributed by atoms with E-state index >= 15 is 0 Å². The molecule has 2 aromatic carbocycles. The number of aliphatic carboxylic acids is 1. The highest BCUT2D eigenvalue weighted by molar-refractivity contribution is 6.07. The normalized spacial score (nSPS) is 22.3. The van der Waals surface area contributed by atoms with Crippen molar-refractivity contribution in [2.45, 2.75) is 38.3 Å². The first kappa shape index (κ1) is 23.3. The van der Waals surface area contributed by atoms with Gasteiger partial charge in [-0.15, -0.1) is 0 Å². The molecule has 2 aliphatic carbocycles. The van der Waals surface area contributed by atoms with Crippen molar-refractivity contribution < 1.29 is 19.4 Å². The summed E-state index contributed by atoms with van der Waals surface area (Å²) in [6.45, 7) is 0.606. The molecule has 0 bridgehead atoms. The van der Waals surface area contributed by atoms with E-state index in [9.17, 15) is 14.7 Å². The Balaban J connectivity index is 1.21. The number of ether oxygens (including phenoxy) is 1. The highest BCUT2D eigenvalue weighted by Gasteiger charge is 2.55. The molecule has 0 radical (unpaired) electrons. The summed E-state index contributed by atoms with van der Waals surface area (Å²) in [4.78, 5) is 28.9. The van der Waals surface area contributed by atoms with E-state index in [1.165, 1.54) is 5.56 Å². The summed E-state index contributed by atoms with van der Waals surface area (Å²) in [6, 6.07) is 20.7. The number of amides is 1. The molecule has 0 saturated heterocycles. The van der Waals surface area contributed by atoms with Crippen LogP contribution in [0.3, 0.4) is 0 Å². The van der Waals surface area contributed by atoms with Crippen LogP contribution in [-0.4, -0.2) is 39.7 Å². The van der Waals surface area contributed by atoms with Crippen LogP contribution in [0.15, 0.2) is 73.1 Å². The molecule has 0 unspecified atom stereocenters. The van der Waals surface area contributed by atoms with E-state index in [1.807, 2.05) is 30.5 Å². The number of nitrogens with zero attached hydrogens (tertiary/aromatic N) is 2. The first-order chi connectivity index (χ1) is 17.9. The number of carbonyl (C=O) groups excluding carboxylic acids is 1. The average Bonchev–Trinajstić information content (AvgIpc) is 3.28. The molecule has 2 saturated carbocycles. The van der Waals surface area contributed by atoms with Gasteiger partial charge < -0.3 is 19.7 Å². The first-order valence-electron chi connectivity index (χ1n) is 12.6. The van der Waals surface area contributed by atoms with Gasteiger partial charge in [-0.3, -0.25) is 9.59 Å². The van der Waals surface area contributed by atoms with Crippen molar-refractivity contribution in [1.29, 1.82) is 0 Å². The minimum Gasteiger partial charge on any atom is -0.481 e. The van der Waals surface area contributed by atoms with E-state index in [0.717, 1.165) is 47.7 Å². The maximum Gasteiger partial charge on any atom is 0.306 e. The third-order valence-electron chi connectivity index (χ3n) is 8.01. The van der Waals surface area contributed by atoms with E-state index < -0.39 is 5.97 Å². The maximum atomic E-state index is 13.4. The zero-order valence-electron chi connectivity index (χ0n) is 20.7. The molecule has 1 spiro atoms. The molecular weight excluding hydrogens is 466 g/mol. The molecule has 37 heavy (non-hydrogen) atoms. The minimum absolute atomic E-state index is 0.0633. The monoisotopic (exact) mass is 495 g/mol. The molecule has 4 aromatic rings. The van der Waals surface area contributed by atoms with Crippen molar-refractivity contribution in [2.75, 3.05) is 7.11 Å². The van der Waals surface area contributed by atoms with Crippen molar-refractivity contribution in [3.05, 3.63) is 84.2 Å². The Labute approximate surface area is 215 Å². The molecule has 2 aromatic heterocycles. The lowest BCUT2D eigenvalue weighted by atomic mass is 9.50. The van der Waals surface area contributed by atoms with Crippen molar-refractivity contribution in [3.63, 3.8) is 0 Å². The van der Waals surface area contributed by atoms with Crippen LogP contribution in [0.5, 0.6) is 5.88 Å². The van der Waals surface area contributed by atoms with E-state index in [4.69, 9.17) is 4.74 Å². The van der Waals surface area contributed by atoms with Crippen LogP contribution < -0.4 is 10.1 Å². The van der Waals surface area contributed by atoms with Crippen LogP contribution in [0.1, 0.15) is 41.6 Å². The Bertz CT molecular complexity index is 1460. The Hall–Kier alpha value is -4.13. The molecule has 2 heterocycles. The number of nitrogens with one attached hydrogen (secondary N) is 1. The third-order valence-corrected chi connectivity index (χ3v) is 8.01. The van der Waals surface area contributed by atoms with Gasteiger partial charge in [0.25, 0.3) is 5.91 Å². The van der Waals surface area contributed by atoms with Crippen LogP contribution in [0.4, 0.5) is 0 Å². The topological polar surface area (TPSA) is 93.4 Å². The van der Waals surface area contributed by atoms with Gasteiger partial charge in [-0.2, -0.15) is 0 Å². The molecule has 7 nitrogen and oxygen atoms in total. The van der Waals surface area contributed by atoms with Crippen LogP contribution in [0.2, 0.25) is 0 Å². The molecular formula is C30H29N3O4. The quantitative estimate of drug-likeness (QED) is 0.371. The van der Waals surface area contributed by atoms with Crippen molar-refractivity contribution in [2.24, 2.45) is 11.3 Å². The zero-order valence-corrected chi connectivity index (χ0v) is 20.7. The minimum atomic E-state index is -0.708. The second-order valence-electron chi connectivity index (χ2n) is 10.5. The van der Waals surface area contributed by atoms with E-state index in [-0.39, 0.29) is 23.3 Å². The Kier molecular flexibility index (Phi) is 5.71. The highest BCUT2D eigenvalue weighted by atomic mass is 16.5. The maximum absolute atomic E-state index is 13.4. The number of rotatable bonds is 7. The fourth-order valence-corrected chi connectivity index (χ4v) is 6.13. The SMILES string of the molecule is COc1ncc(C(=O)NC2CC3(C2)CC(C(=O)O)C3)c2c1ccn2Cc1ccc(-c2ccccc2)cc1. The van der Waals surface area contributed by atoms with Crippen LogP contribution >= 0.6 is 0 Å². The number of carboxylic acids is 1. The number of carboxylic acid groups (broad SMARTS) is 1. The summed E-state index contributed by atoms with van der Waals surface area (Å²) in [7, 11) is 1.58. The number of hydrogen-bond donors (Lipinski definition) is 2. The lowest BCUT2D eigenvalue weighted by Crippen LogP contribution is -2.57. The Morgan fingerprint density at radius 1 is 1.03 bits per heavy atom. The molecule has 1 amide bonds. The molecule has 2 aliphatic rings. The summed E-state index contributed by atoms with van der Waals surface area (Å²) in [5, 5.41) is 13.1. The molecule has 0 atom stereocenters. The van der Waals surface area contributed by atoms with Gasteiger partial charge in [0.05, 0.1) is 29.5 Å². The number of aromatic nitrogens is 2. The fourth-order valence-electron chi connectivity index (χ4n) is 6.13. The molecule has 188 valence electrons. The number of hydrogen-bond acceptors (Lipinski definition) is 4. The Morgan fingerprint density at radius 3 is 2.41 bits per heavy atom. The first-order valence-corrected chi connectivity index (χ1v) is 12.6. The largest absolute Gasteiger partial charge is 0.481 e. The number of carbonyl (C=O) groups is 2. The van der Waals surface area contributed by atoms with Gasteiger partial charge >= 0.3 is 5.97 Å². The van der Waals surface area contributed by atoms with E-state index in [2.05, 4.69) is 51.3 Å². The summed E-state index contributed by atoms with van der Waals surface area (Å²) in [5.74, 6) is -0.609. The smallest absolute Gasteiger partial charge is 0.306 e. The fraction of sp³-hybridized carbons (Fsp3) is 0.300. The van der Waals surface area contributed by atoms with Crippen molar-refractivity contribution >= 4 is 22.8 Å². The number of pyridine rings is 1. The van der Waals surface area contributed by atoms with Gasteiger partial charge in [0, 0.05) is 25.0 Å². The molecule has 2 N–H and O–H groups in total. The number of fused-ring (bicyclic) bond motifs is 1. The molecule has 0 aliphatic heterocycles. The van der Waals surface area contributed by atoms with Crippen LogP contribution in [-0.2, 0) is 11.3 Å². The molecule has 7 heteroatoms. The predicted octanol–water partition coefficient (Wildman–Crippen LogP) is 5.13.